The summed E-state index contributed by atoms with van der Waals surface area (Å²) in [5, 5.41) is 2.66. The number of aryl methyl sites for hydroxylation is 2. The summed E-state index contributed by atoms with van der Waals surface area (Å²) in [7, 11) is 0. The lowest BCUT2D eigenvalue weighted by atomic mass is 10.1. The van der Waals surface area contributed by atoms with E-state index >= 15 is 0 Å². The molecule has 156 valence electrons. The standard InChI is InChI=1S/C24H20FN3O2S/c1-14-5-4-6-20(11-14)28-23(30)21(22(29)26-24(28)31)13-17-12-15(2)27(16(17)3)19-9-7-18(25)8-10-19/h4-13H,1-3H3,(H,26,29,31). The summed E-state index contributed by atoms with van der Waals surface area (Å²) in [6, 6.07) is 15.4. The van der Waals surface area contributed by atoms with E-state index in [1.165, 1.54) is 17.0 Å². The Morgan fingerprint density at radius 3 is 2.35 bits per heavy atom. The third-order valence-corrected chi connectivity index (χ3v) is 5.50. The van der Waals surface area contributed by atoms with Gasteiger partial charge in [0.1, 0.15) is 11.4 Å². The highest BCUT2D eigenvalue weighted by atomic mass is 32.1. The van der Waals surface area contributed by atoms with Gasteiger partial charge in [0.05, 0.1) is 5.69 Å². The van der Waals surface area contributed by atoms with Crippen molar-refractivity contribution in [3.63, 3.8) is 0 Å². The predicted octanol–water partition coefficient (Wildman–Crippen LogP) is 4.37. The number of anilines is 1. The molecule has 1 fully saturated rings. The van der Waals surface area contributed by atoms with Crippen LogP contribution in [0.2, 0.25) is 0 Å². The van der Waals surface area contributed by atoms with Gasteiger partial charge in [-0.05, 0) is 92.7 Å². The third kappa shape index (κ3) is 3.80. The van der Waals surface area contributed by atoms with Gasteiger partial charge in [0.15, 0.2) is 5.11 Å². The van der Waals surface area contributed by atoms with Crippen LogP contribution in [0.4, 0.5) is 10.1 Å². The van der Waals surface area contributed by atoms with E-state index in [-0.39, 0.29) is 16.5 Å². The lowest BCUT2D eigenvalue weighted by Crippen LogP contribution is -2.54. The number of nitrogens with one attached hydrogen (secondary N) is 1. The molecule has 2 heterocycles. The summed E-state index contributed by atoms with van der Waals surface area (Å²) in [5.74, 6) is -1.33. The SMILES string of the molecule is Cc1cccc(N2C(=O)C(=Cc3cc(C)n(-c4ccc(F)cc4)c3C)C(=O)NC2=S)c1. The molecule has 1 aromatic heterocycles. The lowest BCUT2D eigenvalue weighted by Gasteiger charge is -2.29. The highest BCUT2D eigenvalue weighted by Crippen LogP contribution is 2.26. The number of benzene rings is 2. The first-order valence-corrected chi connectivity index (χ1v) is 10.1. The van der Waals surface area contributed by atoms with Crippen LogP contribution in [0, 0.1) is 26.6 Å². The number of rotatable bonds is 3. The first-order chi connectivity index (χ1) is 14.8. The number of thiocarbonyl (C=S) groups is 1. The van der Waals surface area contributed by atoms with Crippen molar-refractivity contribution in [1.82, 2.24) is 9.88 Å². The van der Waals surface area contributed by atoms with Crippen LogP contribution in [0.5, 0.6) is 0 Å². The summed E-state index contributed by atoms with van der Waals surface area (Å²) < 4.78 is 15.3. The highest BCUT2D eigenvalue weighted by Gasteiger charge is 2.34. The molecule has 0 saturated carbocycles. The van der Waals surface area contributed by atoms with Crippen LogP contribution in [0.3, 0.4) is 0 Å². The zero-order chi connectivity index (χ0) is 22.3. The van der Waals surface area contributed by atoms with Crippen LogP contribution in [0.15, 0.2) is 60.2 Å². The van der Waals surface area contributed by atoms with Crippen LogP contribution in [-0.2, 0) is 9.59 Å². The van der Waals surface area contributed by atoms with Gasteiger partial charge in [-0.25, -0.2) is 4.39 Å². The first-order valence-electron chi connectivity index (χ1n) is 9.69. The van der Waals surface area contributed by atoms with Gasteiger partial charge in [-0.3, -0.25) is 19.8 Å². The van der Waals surface area contributed by atoms with Crippen molar-refractivity contribution in [1.29, 1.82) is 0 Å². The number of carbonyl (C=O) groups excluding carboxylic acids is 2. The van der Waals surface area contributed by atoms with E-state index in [1.54, 1.807) is 24.3 Å². The van der Waals surface area contributed by atoms with Crippen molar-refractivity contribution in [2.24, 2.45) is 0 Å². The minimum absolute atomic E-state index is 0.00513. The maximum atomic E-state index is 13.3. The van der Waals surface area contributed by atoms with E-state index in [0.29, 0.717) is 5.69 Å². The molecule has 2 amide bonds. The molecule has 5 nitrogen and oxygen atoms in total. The molecule has 1 saturated heterocycles. The summed E-state index contributed by atoms with van der Waals surface area (Å²) in [6.45, 7) is 5.72. The number of halogens is 1. The molecule has 4 rings (SSSR count). The first kappa shape index (κ1) is 20.7. The van der Waals surface area contributed by atoms with Crippen LogP contribution in [0.1, 0.15) is 22.5 Å². The second-order valence-corrected chi connectivity index (χ2v) is 7.82. The molecule has 0 radical (unpaired) electrons. The van der Waals surface area contributed by atoms with Crippen molar-refractivity contribution in [3.05, 3.63) is 88.5 Å². The molecule has 1 N–H and O–H groups in total. The van der Waals surface area contributed by atoms with Gasteiger partial charge in [0.25, 0.3) is 11.8 Å². The smallest absolute Gasteiger partial charge is 0.270 e. The maximum Gasteiger partial charge on any atom is 0.270 e. The van der Waals surface area contributed by atoms with E-state index in [1.807, 2.05) is 49.6 Å². The zero-order valence-electron chi connectivity index (χ0n) is 17.3. The monoisotopic (exact) mass is 433 g/mol. The number of nitrogens with zero attached hydrogens (tertiary/aromatic N) is 2. The average Bonchev–Trinajstić information content (AvgIpc) is 2.99. The summed E-state index contributed by atoms with van der Waals surface area (Å²) in [6.07, 6.45) is 1.57. The molecular formula is C24H20FN3O2S. The highest BCUT2D eigenvalue weighted by molar-refractivity contribution is 7.80. The second kappa shape index (κ2) is 7.92. The molecule has 0 unspecified atom stereocenters. The van der Waals surface area contributed by atoms with Gasteiger partial charge in [-0.1, -0.05) is 12.1 Å². The van der Waals surface area contributed by atoms with Gasteiger partial charge in [-0.15, -0.1) is 0 Å². The summed E-state index contributed by atoms with van der Waals surface area (Å²) in [4.78, 5) is 27.2. The van der Waals surface area contributed by atoms with Crippen molar-refractivity contribution in [2.45, 2.75) is 20.8 Å². The van der Waals surface area contributed by atoms with E-state index < -0.39 is 11.8 Å². The number of amides is 2. The Bertz CT molecular complexity index is 1260. The molecule has 3 aromatic rings. The maximum absolute atomic E-state index is 13.3. The molecule has 0 bridgehead atoms. The fourth-order valence-corrected chi connectivity index (χ4v) is 4.02. The van der Waals surface area contributed by atoms with Gasteiger partial charge in [0, 0.05) is 17.1 Å². The minimum Gasteiger partial charge on any atom is -0.318 e. The molecule has 0 atom stereocenters. The minimum atomic E-state index is -0.537. The molecule has 1 aliphatic heterocycles. The summed E-state index contributed by atoms with van der Waals surface area (Å²) >= 11 is 5.26. The second-order valence-electron chi connectivity index (χ2n) is 7.44. The predicted molar refractivity (Wildman–Crippen MR) is 123 cm³/mol. The van der Waals surface area contributed by atoms with Crippen LogP contribution < -0.4 is 10.2 Å². The van der Waals surface area contributed by atoms with Crippen molar-refractivity contribution in [3.8, 4) is 5.69 Å². The third-order valence-electron chi connectivity index (χ3n) is 5.22. The van der Waals surface area contributed by atoms with Crippen molar-refractivity contribution < 1.29 is 14.0 Å². The molecule has 0 aliphatic carbocycles. The quantitative estimate of drug-likeness (QED) is 0.379. The van der Waals surface area contributed by atoms with Gasteiger partial charge < -0.3 is 4.57 Å². The Morgan fingerprint density at radius 1 is 0.968 bits per heavy atom. The van der Waals surface area contributed by atoms with Crippen molar-refractivity contribution in [2.75, 3.05) is 4.90 Å². The topological polar surface area (TPSA) is 54.3 Å². The normalized spacial score (nSPS) is 15.5. The Labute approximate surface area is 184 Å². The van der Waals surface area contributed by atoms with Crippen LogP contribution in [0.25, 0.3) is 11.8 Å². The molecule has 0 spiro atoms. The Kier molecular flexibility index (Phi) is 5.29. The fraction of sp³-hybridized carbons (Fsp3) is 0.125. The molecule has 2 aromatic carbocycles. The molecule has 7 heteroatoms. The molecular weight excluding hydrogens is 413 g/mol. The average molecular weight is 434 g/mol. The Balaban J connectivity index is 1.76. The van der Waals surface area contributed by atoms with Crippen LogP contribution >= 0.6 is 12.2 Å². The number of hydrogen-bond donors (Lipinski definition) is 1. The number of carbonyl (C=O) groups is 2. The van der Waals surface area contributed by atoms with Gasteiger partial charge in [0.2, 0.25) is 0 Å². The summed E-state index contributed by atoms with van der Waals surface area (Å²) in [5.41, 5.74) is 4.80. The zero-order valence-corrected chi connectivity index (χ0v) is 18.1. The molecule has 31 heavy (non-hydrogen) atoms. The largest absolute Gasteiger partial charge is 0.318 e. The van der Waals surface area contributed by atoms with Gasteiger partial charge >= 0.3 is 0 Å². The van der Waals surface area contributed by atoms with Gasteiger partial charge in [-0.2, -0.15) is 0 Å². The Hall–Kier alpha value is -3.58. The van der Waals surface area contributed by atoms with E-state index in [4.69, 9.17) is 12.2 Å². The molecule has 1 aliphatic rings. The van der Waals surface area contributed by atoms with Crippen LogP contribution in [-0.4, -0.2) is 21.5 Å². The van der Waals surface area contributed by atoms with E-state index in [0.717, 1.165) is 28.2 Å². The lowest BCUT2D eigenvalue weighted by molar-refractivity contribution is -0.122. The van der Waals surface area contributed by atoms with Crippen molar-refractivity contribution >= 4 is 40.9 Å². The number of hydrogen-bond acceptors (Lipinski definition) is 3. The Morgan fingerprint density at radius 2 is 1.68 bits per heavy atom. The fourth-order valence-electron chi connectivity index (χ4n) is 3.74. The van der Waals surface area contributed by atoms with E-state index in [9.17, 15) is 14.0 Å². The number of aromatic nitrogens is 1. The van der Waals surface area contributed by atoms with E-state index in [2.05, 4.69) is 5.32 Å².